The third-order valence-electron chi connectivity index (χ3n) is 3.92. The van der Waals surface area contributed by atoms with Gasteiger partial charge in [0.25, 0.3) is 5.92 Å². The van der Waals surface area contributed by atoms with Gasteiger partial charge in [0, 0.05) is 25.5 Å². The molecular formula is C15H20F2N2O2. The summed E-state index contributed by atoms with van der Waals surface area (Å²) in [5.74, 6) is -2.03. The molecule has 0 aliphatic carbocycles. The van der Waals surface area contributed by atoms with E-state index >= 15 is 0 Å². The number of benzene rings is 1. The van der Waals surface area contributed by atoms with E-state index in [4.69, 9.17) is 15.2 Å². The summed E-state index contributed by atoms with van der Waals surface area (Å²) in [6.07, 6.45) is 2.58. The molecule has 2 N–H and O–H groups in total. The van der Waals surface area contributed by atoms with Crippen molar-refractivity contribution in [3.8, 4) is 5.75 Å². The fourth-order valence-electron chi connectivity index (χ4n) is 2.77. The molecule has 1 unspecified atom stereocenters. The Morgan fingerprint density at radius 1 is 1.33 bits per heavy atom. The minimum Gasteiger partial charge on any atom is -0.465 e. The van der Waals surface area contributed by atoms with Crippen molar-refractivity contribution in [3.05, 3.63) is 18.2 Å². The zero-order valence-electron chi connectivity index (χ0n) is 11.9. The normalized spacial score (nSPS) is 25.0. The Bertz CT molecular complexity index is 504. The van der Waals surface area contributed by atoms with Gasteiger partial charge in [-0.05, 0) is 25.0 Å². The minimum atomic E-state index is -2.64. The molecule has 2 aliphatic heterocycles. The van der Waals surface area contributed by atoms with Crippen molar-refractivity contribution in [2.75, 3.05) is 30.3 Å². The summed E-state index contributed by atoms with van der Waals surface area (Å²) >= 11 is 0. The Hall–Kier alpha value is -1.56. The number of nitrogens with two attached hydrogens (primary N) is 1. The van der Waals surface area contributed by atoms with Crippen LogP contribution in [0.3, 0.4) is 0 Å². The largest absolute Gasteiger partial charge is 0.465 e. The van der Waals surface area contributed by atoms with Gasteiger partial charge in [-0.3, -0.25) is 0 Å². The zero-order valence-corrected chi connectivity index (χ0v) is 11.9. The number of nitrogen functional groups attached to an aromatic ring is 1. The van der Waals surface area contributed by atoms with E-state index in [1.807, 2.05) is 0 Å². The van der Waals surface area contributed by atoms with Crippen LogP contribution in [0.5, 0.6) is 5.75 Å². The van der Waals surface area contributed by atoms with Crippen LogP contribution >= 0.6 is 0 Å². The third kappa shape index (κ3) is 3.37. The molecule has 2 aliphatic rings. The van der Waals surface area contributed by atoms with Crippen molar-refractivity contribution in [2.24, 2.45) is 0 Å². The SMILES string of the molecule is Nc1ccc(OC2CCCCO2)cc1N1CCC(F)(F)C1. The summed E-state index contributed by atoms with van der Waals surface area (Å²) in [7, 11) is 0. The highest BCUT2D eigenvalue weighted by atomic mass is 19.3. The number of hydrogen-bond donors (Lipinski definition) is 1. The first kappa shape index (κ1) is 14.4. The fourth-order valence-corrected chi connectivity index (χ4v) is 2.77. The molecule has 6 heteroatoms. The second-order valence-corrected chi connectivity index (χ2v) is 5.66. The Balaban J connectivity index is 1.73. The van der Waals surface area contributed by atoms with Gasteiger partial charge in [-0.25, -0.2) is 8.78 Å². The molecule has 2 saturated heterocycles. The smallest absolute Gasteiger partial charge is 0.266 e. The predicted octanol–water partition coefficient (Wildman–Crippen LogP) is 3.02. The van der Waals surface area contributed by atoms with Crippen molar-refractivity contribution < 1.29 is 18.3 Å². The molecule has 0 saturated carbocycles. The standard InChI is InChI=1S/C15H20F2N2O2/c16-15(17)6-7-19(10-15)13-9-11(4-5-12(13)18)21-14-3-1-2-8-20-14/h4-5,9,14H,1-3,6-8,10,18H2. The zero-order chi connectivity index (χ0) is 14.9. The van der Waals surface area contributed by atoms with Crippen LogP contribution in [-0.2, 0) is 4.74 Å². The van der Waals surface area contributed by atoms with E-state index in [0.29, 0.717) is 30.3 Å². The van der Waals surface area contributed by atoms with Crippen molar-refractivity contribution in [1.29, 1.82) is 0 Å². The molecule has 2 heterocycles. The second kappa shape index (κ2) is 5.67. The highest BCUT2D eigenvalue weighted by molar-refractivity contribution is 5.70. The summed E-state index contributed by atoms with van der Waals surface area (Å²) < 4.78 is 38.0. The lowest BCUT2D eigenvalue weighted by molar-refractivity contribution is -0.105. The van der Waals surface area contributed by atoms with Gasteiger partial charge in [-0.2, -0.15) is 0 Å². The monoisotopic (exact) mass is 298 g/mol. The van der Waals surface area contributed by atoms with Gasteiger partial charge in [0.1, 0.15) is 5.75 Å². The molecule has 0 radical (unpaired) electrons. The average Bonchev–Trinajstić information content (AvgIpc) is 2.82. The molecule has 21 heavy (non-hydrogen) atoms. The van der Waals surface area contributed by atoms with Crippen LogP contribution in [0.15, 0.2) is 18.2 Å². The number of nitrogens with zero attached hydrogens (tertiary/aromatic N) is 1. The Morgan fingerprint density at radius 3 is 2.86 bits per heavy atom. The van der Waals surface area contributed by atoms with Gasteiger partial charge in [0.05, 0.1) is 24.5 Å². The lowest BCUT2D eigenvalue weighted by Crippen LogP contribution is -2.26. The van der Waals surface area contributed by atoms with Crippen LogP contribution in [0.1, 0.15) is 25.7 Å². The maximum atomic E-state index is 13.4. The maximum absolute atomic E-state index is 13.4. The van der Waals surface area contributed by atoms with E-state index in [1.54, 1.807) is 23.1 Å². The molecule has 116 valence electrons. The number of rotatable bonds is 3. The number of alkyl halides is 2. The summed E-state index contributed by atoms with van der Waals surface area (Å²) in [5.41, 5.74) is 7.02. The van der Waals surface area contributed by atoms with Crippen LogP contribution in [0, 0.1) is 0 Å². The molecule has 0 aromatic heterocycles. The Morgan fingerprint density at radius 2 is 2.19 bits per heavy atom. The lowest BCUT2D eigenvalue weighted by Gasteiger charge is -2.25. The number of ether oxygens (including phenoxy) is 2. The van der Waals surface area contributed by atoms with Gasteiger partial charge in [-0.15, -0.1) is 0 Å². The van der Waals surface area contributed by atoms with Crippen LogP contribution in [0.4, 0.5) is 20.2 Å². The predicted molar refractivity (Wildman–Crippen MR) is 76.9 cm³/mol. The quantitative estimate of drug-likeness (QED) is 0.871. The van der Waals surface area contributed by atoms with E-state index in [-0.39, 0.29) is 19.3 Å². The van der Waals surface area contributed by atoms with E-state index in [1.165, 1.54) is 0 Å². The molecule has 3 rings (SSSR count). The molecule has 1 aromatic carbocycles. The Labute approximate surface area is 122 Å². The van der Waals surface area contributed by atoms with E-state index in [2.05, 4.69) is 0 Å². The summed E-state index contributed by atoms with van der Waals surface area (Å²) in [6.45, 7) is 0.714. The van der Waals surface area contributed by atoms with E-state index < -0.39 is 5.92 Å². The van der Waals surface area contributed by atoms with Gasteiger partial charge in [0.15, 0.2) is 6.29 Å². The first-order chi connectivity index (χ1) is 10.0. The maximum Gasteiger partial charge on any atom is 0.266 e. The third-order valence-corrected chi connectivity index (χ3v) is 3.92. The number of hydrogen-bond acceptors (Lipinski definition) is 4. The molecule has 0 spiro atoms. The van der Waals surface area contributed by atoms with E-state index in [0.717, 1.165) is 19.3 Å². The first-order valence-electron chi connectivity index (χ1n) is 7.34. The van der Waals surface area contributed by atoms with Crippen LogP contribution in [0.2, 0.25) is 0 Å². The molecule has 0 amide bonds. The van der Waals surface area contributed by atoms with Gasteiger partial charge >= 0.3 is 0 Å². The van der Waals surface area contributed by atoms with Gasteiger partial charge < -0.3 is 20.1 Å². The van der Waals surface area contributed by atoms with Crippen LogP contribution in [0.25, 0.3) is 0 Å². The van der Waals surface area contributed by atoms with Crippen molar-refractivity contribution in [3.63, 3.8) is 0 Å². The first-order valence-corrected chi connectivity index (χ1v) is 7.34. The van der Waals surface area contributed by atoms with Gasteiger partial charge in [0.2, 0.25) is 0 Å². The fraction of sp³-hybridized carbons (Fsp3) is 0.600. The van der Waals surface area contributed by atoms with Crippen LogP contribution < -0.4 is 15.4 Å². The Kier molecular flexibility index (Phi) is 3.89. The summed E-state index contributed by atoms with van der Waals surface area (Å²) in [4.78, 5) is 1.62. The molecule has 2 fully saturated rings. The molecule has 4 nitrogen and oxygen atoms in total. The molecule has 1 atom stereocenters. The van der Waals surface area contributed by atoms with Crippen molar-refractivity contribution in [2.45, 2.75) is 37.9 Å². The highest BCUT2D eigenvalue weighted by Gasteiger charge is 2.38. The summed E-state index contributed by atoms with van der Waals surface area (Å²) in [5, 5.41) is 0. The number of anilines is 2. The van der Waals surface area contributed by atoms with E-state index in [9.17, 15) is 8.78 Å². The highest BCUT2D eigenvalue weighted by Crippen LogP contribution is 2.36. The molecule has 1 aromatic rings. The molecule has 0 bridgehead atoms. The lowest BCUT2D eigenvalue weighted by atomic mass is 10.2. The number of halogens is 2. The summed E-state index contributed by atoms with van der Waals surface area (Å²) in [6, 6.07) is 5.18. The van der Waals surface area contributed by atoms with Gasteiger partial charge in [-0.1, -0.05) is 0 Å². The second-order valence-electron chi connectivity index (χ2n) is 5.66. The van der Waals surface area contributed by atoms with Crippen molar-refractivity contribution >= 4 is 11.4 Å². The minimum absolute atomic E-state index is 0.136. The topological polar surface area (TPSA) is 47.7 Å². The average molecular weight is 298 g/mol. The van der Waals surface area contributed by atoms with Crippen molar-refractivity contribution in [1.82, 2.24) is 0 Å². The molecular weight excluding hydrogens is 278 g/mol. The van der Waals surface area contributed by atoms with Crippen LogP contribution in [-0.4, -0.2) is 31.9 Å².